The molecule has 0 aliphatic heterocycles. The van der Waals surface area contributed by atoms with Crippen molar-refractivity contribution in [3.8, 4) is 0 Å². The second kappa shape index (κ2) is 18.9. The third kappa shape index (κ3) is 9.70. The Morgan fingerprint density at radius 2 is 1.73 bits per heavy atom. The Balaban J connectivity index is 1.03. The average molecular weight is 1050 g/mol. The predicted molar refractivity (Wildman–Crippen MR) is 241 cm³/mol. The molecule has 3 saturated carbocycles. The average Bonchev–Trinajstić information content (AvgIpc) is 3.46. The quantitative estimate of drug-likeness (QED) is 0.0568. The molecule has 0 spiro atoms. The van der Waals surface area contributed by atoms with Crippen LogP contribution in [-0.2, 0) is 20.7 Å². The Morgan fingerprint density at radius 1 is 0.962 bits per heavy atom. The highest BCUT2D eigenvalue weighted by Gasteiger charge is 2.59. The van der Waals surface area contributed by atoms with E-state index in [0.717, 1.165) is 96.9 Å². The van der Waals surface area contributed by atoms with E-state index < -0.39 is 0 Å². The van der Waals surface area contributed by atoms with Crippen molar-refractivity contribution in [2.45, 2.75) is 157 Å². The highest BCUT2D eigenvalue weighted by Crippen LogP contribution is 2.67. The number of benzene rings is 1. The van der Waals surface area contributed by atoms with Crippen LogP contribution in [-0.4, -0.2) is 24.5 Å². The molecule has 1 amide bonds. The summed E-state index contributed by atoms with van der Waals surface area (Å²) in [4.78, 5) is 26.0. The van der Waals surface area contributed by atoms with Crippen molar-refractivity contribution in [1.29, 1.82) is 0 Å². The van der Waals surface area contributed by atoms with Gasteiger partial charge in [0.25, 0.3) is 0 Å². The van der Waals surface area contributed by atoms with Crippen LogP contribution in [0.15, 0.2) is 17.7 Å². The van der Waals surface area contributed by atoms with Gasteiger partial charge in [-0.3, -0.25) is 9.59 Å². The highest BCUT2D eigenvalue weighted by molar-refractivity contribution is 14.1. The highest BCUT2D eigenvalue weighted by atomic mass is 127. The number of nitrogens with two attached hydrogens (primary N) is 1. The van der Waals surface area contributed by atoms with Gasteiger partial charge in [0.1, 0.15) is 6.10 Å². The summed E-state index contributed by atoms with van der Waals surface area (Å²) in [6.07, 6.45) is 21.3. The monoisotopic (exact) mass is 1050 g/mol. The summed E-state index contributed by atoms with van der Waals surface area (Å²) in [7, 11) is 0. The molecule has 3 N–H and O–H groups in total. The van der Waals surface area contributed by atoms with Gasteiger partial charge in [-0.2, -0.15) is 0 Å². The lowest BCUT2D eigenvalue weighted by Crippen LogP contribution is -2.51. The SMILES string of the molecule is CCC(Cc1c(I)cc(I)c(N)c1I)C(=O)NCCCCCC(=O)O[C@H]1CC[C@@]2(C)C(=CCC3C2CC[C@@]2(C)C3CC[C@@H]2[C@H](C)CCCC(C)C)C1. The number of nitrogen functional groups attached to an aromatic ring is 1. The number of allylic oxidation sites excluding steroid dienone is 1. The molecule has 4 unspecified atom stereocenters. The molecule has 5 nitrogen and oxygen atoms in total. The molecule has 0 bridgehead atoms. The van der Waals surface area contributed by atoms with Crippen LogP contribution < -0.4 is 11.1 Å². The summed E-state index contributed by atoms with van der Waals surface area (Å²) >= 11 is 6.94. The molecule has 3 fully saturated rings. The van der Waals surface area contributed by atoms with Gasteiger partial charge >= 0.3 is 5.97 Å². The lowest BCUT2D eigenvalue weighted by Gasteiger charge is -2.58. The van der Waals surface area contributed by atoms with Crippen molar-refractivity contribution >= 4 is 85.3 Å². The molecular weight excluding hydrogens is 985 g/mol. The van der Waals surface area contributed by atoms with E-state index in [4.69, 9.17) is 10.5 Å². The lowest BCUT2D eigenvalue weighted by atomic mass is 9.47. The van der Waals surface area contributed by atoms with E-state index in [-0.39, 0.29) is 29.3 Å². The van der Waals surface area contributed by atoms with Crippen LogP contribution in [0, 0.1) is 63.0 Å². The Labute approximate surface area is 357 Å². The van der Waals surface area contributed by atoms with E-state index >= 15 is 0 Å². The Kier molecular flexibility index (Phi) is 15.6. The van der Waals surface area contributed by atoms with Gasteiger partial charge in [-0.15, -0.1) is 0 Å². The number of amides is 1. The normalized spacial score (nSPS) is 30.9. The second-order valence-corrected chi connectivity index (χ2v) is 21.5. The molecule has 52 heavy (non-hydrogen) atoms. The van der Waals surface area contributed by atoms with Gasteiger partial charge in [0.05, 0.1) is 5.69 Å². The molecule has 9 atom stereocenters. The molecular formula is C44H67I3N2O3. The molecule has 1 aromatic rings. The Hall–Kier alpha value is -0.110. The fourth-order valence-corrected chi connectivity index (χ4v) is 15.2. The topological polar surface area (TPSA) is 81.4 Å². The molecule has 0 radical (unpaired) electrons. The first kappa shape index (κ1) is 43.0. The van der Waals surface area contributed by atoms with Gasteiger partial charge < -0.3 is 15.8 Å². The number of halogens is 3. The van der Waals surface area contributed by atoms with Crippen molar-refractivity contribution < 1.29 is 14.3 Å². The number of carbonyl (C=O) groups excluding carboxylic acids is 2. The molecule has 0 aromatic heterocycles. The van der Waals surface area contributed by atoms with Crippen LogP contribution in [0.25, 0.3) is 0 Å². The van der Waals surface area contributed by atoms with Crippen LogP contribution in [0.1, 0.15) is 150 Å². The fraction of sp³-hybridized carbons (Fsp3) is 0.773. The van der Waals surface area contributed by atoms with Crippen molar-refractivity contribution in [3.05, 3.63) is 34.0 Å². The molecule has 4 aliphatic rings. The number of hydrogen-bond acceptors (Lipinski definition) is 4. The van der Waals surface area contributed by atoms with Crippen LogP contribution >= 0.6 is 67.8 Å². The standard InChI is InChI=1S/C44H67I3N2O3/c1-7-29(24-33-37(45)26-38(46)41(48)40(33)47)42(51)49-23-10-8-9-14-39(50)52-31-19-21-43(5)30(25-31)15-16-32-35-18-17-34(28(4)13-11-12-27(2)3)44(35,6)22-20-36(32)43/h15,26-29,31-32,34-36H,7-14,16-25,48H2,1-6H3,(H,49,51)/t28-,29?,31+,32?,34-,35?,36?,43+,44-/m1/s1. The molecule has 8 heteroatoms. The second-order valence-electron chi connectivity index (χ2n) is 18.1. The van der Waals surface area contributed by atoms with E-state index in [1.165, 1.54) is 56.9 Å². The number of rotatable bonds is 16. The first-order valence-corrected chi connectivity index (χ1v) is 24.0. The summed E-state index contributed by atoms with van der Waals surface area (Å²) in [5.41, 5.74) is 10.6. The Bertz CT molecular complexity index is 1450. The van der Waals surface area contributed by atoms with E-state index in [0.29, 0.717) is 24.8 Å². The molecule has 292 valence electrons. The molecule has 0 heterocycles. The number of anilines is 1. The van der Waals surface area contributed by atoms with Crippen LogP contribution in [0.3, 0.4) is 0 Å². The van der Waals surface area contributed by atoms with Crippen molar-refractivity contribution in [3.63, 3.8) is 0 Å². The maximum atomic E-state index is 13.0. The summed E-state index contributed by atoms with van der Waals surface area (Å²) < 4.78 is 9.39. The molecule has 4 aliphatic carbocycles. The van der Waals surface area contributed by atoms with Gasteiger partial charge in [-0.1, -0.05) is 78.9 Å². The van der Waals surface area contributed by atoms with Crippen LogP contribution in [0.4, 0.5) is 5.69 Å². The van der Waals surface area contributed by atoms with Gasteiger partial charge in [0, 0.05) is 36.0 Å². The van der Waals surface area contributed by atoms with Gasteiger partial charge in [-0.25, -0.2) is 0 Å². The Morgan fingerprint density at radius 3 is 2.46 bits per heavy atom. The van der Waals surface area contributed by atoms with Crippen molar-refractivity contribution in [2.75, 3.05) is 12.3 Å². The van der Waals surface area contributed by atoms with Crippen LogP contribution in [0.5, 0.6) is 0 Å². The van der Waals surface area contributed by atoms with E-state index in [9.17, 15) is 9.59 Å². The number of fused-ring (bicyclic) bond motifs is 5. The number of hydrogen-bond donors (Lipinski definition) is 2. The summed E-state index contributed by atoms with van der Waals surface area (Å²) in [6, 6.07) is 2.10. The third-order valence-corrected chi connectivity index (χ3v) is 17.6. The first-order chi connectivity index (χ1) is 24.7. The first-order valence-electron chi connectivity index (χ1n) is 20.8. The number of esters is 1. The number of unbranched alkanes of at least 4 members (excludes halogenated alkanes) is 2. The maximum absolute atomic E-state index is 13.0. The minimum atomic E-state index is -0.0783. The number of nitrogens with one attached hydrogen (secondary N) is 1. The minimum Gasteiger partial charge on any atom is -0.462 e. The zero-order valence-corrected chi connectivity index (χ0v) is 39.4. The smallest absolute Gasteiger partial charge is 0.306 e. The molecule has 0 saturated heterocycles. The predicted octanol–water partition coefficient (Wildman–Crippen LogP) is 12.3. The van der Waals surface area contributed by atoms with Gasteiger partial charge in [0.2, 0.25) is 5.91 Å². The summed E-state index contributed by atoms with van der Waals surface area (Å²) in [5, 5.41) is 3.16. The van der Waals surface area contributed by atoms with Crippen LogP contribution in [0.2, 0.25) is 0 Å². The molecule has 5 rings (SSSR count). The number of ether oxygens (including phenoxy) is 1. The minimum absolute atomic E-state index is 0.0274. The van der Waals surface area contributed by atoms with Crippen molar-refractivity contribution in [1.82, 2.24) is 5.32 Å². The fourth-order valence-electron chi connectivity index (χ4n) is 11.4. The van der Waals surface area contributed by atoms with E-state index in [1.807, 2.05) is 0 Å². The largest absolute Gasteiger partial charge is 0.462 e. The van der Waals surface area contributed by atoms with E-state index in [1.54, 1.807) is 5.57 Å². The van der Waals surface area contributed by atoms with Crippen molar-refractivity contribution in [2.24, 2.45) is 52.3 Å². The maximum Gasteiger partial charge on any atom is 0.306 e. The summed E-state index contributed by atoms with van der Waals surface area (Å²) in [6.45, 7) is 15.3. The van der Waals surface area contributed by atoms with Gasteiger partial charge in [0.15, 0.2) is 0 Å². The zero-order chi connectivity index (χ0) is 37.8. The third-order valence-electron chi connectivity index (χ3n) is 14.5. The van der Waals surface area contributed by atoms with E-state index in [2.05, 4.69) is 127 Å². The zero-order valence-electron chi connectivity index (χ0n) is 32.9. The lowest BCUT2D eigenvalue weighted by molar-refractivity contribution is -0.151. The summed E-state index contributed by atoms with van der Waals surface area (Å²) in [5.74, 6) is 5.04. The van der Waals surface area contributed by atoms with Gasteiger partial charge in [-0.05, 0) is 196 Å². The number of carbonyl (C=O) groups is 2. The molecule has 1 aromatic carbocycles.